The van der Waals surface area contributed by atoms with E-state index in [0.717, 1.165) is 18.8 Å². The van der Waals surface area contributed by atoms with E-state index in [-0.39, 0.29) is 17.6 Å². The molecule has 2 atom stereocenters. The van der Waals surface area contributed by atoms with Crippen LogP contribution in [0.1, 0.15) is 6.92 Å². The Bertz CT molecular complexity index is 531. The first-order valence-electron chi connectivity index (χ1n) is 6.78. The van der Waals surface area contributed by atoms with Gasteiger partial charge in [-0.1, -0.05) is 0 Å². The third-order valence-corrected chi connectivity index (χ3v) is 4.18. The van der Waals surface area contributed by atoms with Gasteiger partial charge in [-0.25, -0.2) is 0 Å². The number of nitro groups is 1. The van der Waals surface area contributed by atoms with Crippen molar-refractivity contribution < 1.29 is 14.5 Å². The highest BCUT2D eigenvalue weighted by atomic mass is 16.6. The second kappa shape index (κ2) is 4.77. The number of carbonyl (C=O) groups is 1. The van der Waals surface area contributed by atoms with Gasteiger partial charge in [0, 0.05) is 30.9 Å². The zero-order valence-corrected chi connectivity index (χ0v) is 11.2. The molecule has 1 saturated heterocycles. The fourth-order valence-electron chi connectivity index (χ4n) is 3.11. The SMILES string of the molecule is CCOC(=O)C1C2CN(c3ccc([N+](=O)[O-])cc3)CC21. The van der Waals surface area contributed by atoms with Crippen molar-refractivity contribution >= 4 is 17.3 Å². The van der Waals surface area contributed by atoms with Crippen molar-refractivity contribution in [3.8, 4) is 0 Å². The van der Waals surface area contributed by atoms with E-state index in [1.807, 2.05) is 6.92 Å². The Balaban J connectivity index is 1.61. The summed E-state index contributed by atoms with van der Waals surface area (Å²) in [5.74, 6) is 0.739. The molecule has 3 rings (SSSR count). The standard InChI is InChI=1S/C14H16N2O4/c1-2-20-14(17)13-11-7-15(8-12(11)13)9-3-5-10(6-4-9)16(18)19/h3-6,11-13H,2,7-8H2,1H3. The van der Waals surface area contributed by atoms with Gasteiger partial charge in [0.25, 0.3) is 5.69 Å². The van der Waals surface area contributed by atoms with Crippen LogP contribution in [0.15, 0.2) is 24.3 Å². The van der Waals surface area contributed by atoms with Crippen molar-refractivity contribution in [3.63, 3.8) is 0 Å². The molecule has 0 N–H and O–H groups in total. The lowest BCUT2D eigenvalue weighted by atomic mass is 10.2. The number of hydrogen-bond acceptors (Lipinski definition) is 5. The normalized spacial score (nSPS) is 27.1. The number of nitro benzene ring substituents is 1. The number of esters is 1. The molecule has 6 nitrogen and oxygen atoms in total. The number of anilines is 1. The lowest BCUT2D eigenvalue weighted by molar-refractivity contribution is -0.384. The van der Waals surface area contributed by atoms with E-state index in [0.29, 0.717) is 18.4 Å². The number of rotatable bonds is 4. The van der Waals surface area contributed by atoms with Gasteiger partial charge in [-0.3, -0.25) is 14.9 Å². The number of non-ortho nitro benzene ring substituents is 1. The molecule has 1 aliphatic carbocycles. The fourth-order valence-corrected chi connectivity index (χ4v) is 3.11. The van der Waals surface area contributed by atoms with E-state index in [1.54, 1.807) is 12.1 Å². The summed E-state index contributed by atoms with van der Waals surface area (Å²) >= 11 is 0. The molecular formula is C14H16N2O4. The van der Waals surface area contributed by atoms with Gasteiger partial charge >= 0.3 is 5.97 Å². The van der Waals surface area contributed by atoms with Crippen molar-refractivity contribution in [2.24, 2.45) is 17.8 Å². The smallest absolute Gasteiger partial charge is 0.309 e. The van der Waals surface area contributed by atoms with E-state index in [4.69, 9.17) is 4.74 Å². The molecule has 1 aliphatic heterocycles. The number of ether oxygens (including phenoxy) is 1. The first-order valence-corrected chi connectivity index (χ1v) is 6.78. The molecule has 1 aromatic rings. The summed E-state index contributed by atoms with van der Waals surface area (Å²) in [5, 5.41) is 10.6. The summed E-state index contributed by atoms with van der Waals surface area (Å²) in [6.45, 7) is 3.90. The van der Waals surface area contributed by atoms with Crippen LogP contribution in [0.2, 0.25) is 0 Å². The average Bonchev–Trinajstić information content (AvgIpc) is 2.94. The quantitative estimate of drug-likeness (QED) is 0.476. The molecule has 2 fully saturated rings. The molecule has 0 amide bonds. The zero-order valence-electron chi connectivity index (χ0n) is 11.2. The predicted octanol–water partition coefficient (Wildman–Crippen LogP) is 1.84. The molecule has 106 valence electrons. The summed E-state index contributed by atoms with van der Waals surface area (Å²) in [6.07, 6.45) is 0. The van der Waals surface area contributed by atoms with Crippen molar-refractivity contribution in [1.82, 2.24) is 0 Å². The van der Waals surface area contributed by atoms with Gasteiger partial charge in [0.05, 0.1) is 17.4 Å². The Morgan fingerprint density at radius 2 is 1.95 bits per heavy atom. The lowest BCUT2D eigenvalue weighted by Crippen LogP contribution is -2.26. The predicted molar refractivity (Wildman–Crippen MR) is 72.4 cm³/mol. The van der Waals surface area contributed by atoms with Gasteiger partial charge in [0.2, 0.25) is 0 Å². The van der Waals surface area contributed by atoms with Gasteiger partial charge in [-0.15, -0.1) is 0 Å². The first-order chi connectivity index (χ1) is 9.61. The molecular weight excluding hydrogens is 260 g/mol. The lowest BCUT2D eigenvalue weighted by Gasteiger charge is -2.21. The van der Waals surface area contributed by atoms with Crippen LogP contribution >= 0.6 is 0 Å². The highest BCUT2D eigenvalue weighted by molar-refractivity contribution is 5.77. The fraction of sp³-hybridized carbons (Fsp3) is 0.500. The maximum absolute atomic E-state index is 11.7. The van der Waals surface area contributed by atoms with E-state index in [9.17, 15) is 14.9 Å². The topological polar surface area (TPSA) is 72.7 Å². The van der Waals surface area contributed by atoms with Crippen molar-refractivity contribution in [1.29, 1.82) is 0 Å². The van der Waals surface area contributed by atoms with E-state index in [1.165, 1.54) is 12.1 Å². The van der Waals surface area contributed by atoms with E-state index in [2.05, 4.69) is 4.90 Å². The molecule has 20 heavy (non-hydrogen) atoms. The third kappa shape index (κ3) is 2.11. The van der Waals surface area contributed by atoms with E-state index < -0.39 is 4.92 Å². The van der Waals surface area contributed by atoms with Crippen LogP contribution in [0.25, 0.3) is 0 Å². The minimum Gasteiger partial charge on any atom is -0.466 e. The van der Waals surface area contributed by atoms with Crippen LogP contribution in [0, 0.1) is 27.9 Å². The highest BCUT2D eigenvalue weighted by Gasteiger charge is 2.60. The molecule has 6 heteroatoms. The highest BCUT2D eigenvalue weighted by Crippen LogP contribution is 2.53. The Morgan fingerprint density at radius 3 is 2.45 bits per heavy atom. The van der Waals surface area contributed by atoms with Crippen LogP contribution in [-0.4, -0.2) is 30.6 Å². The van der Waals surface area contributed by atoms with Gasteiger partial charge in [0.1, 0.15) is 0 Å². The van der Waals surface area contributed by atoms with Crippen molar-refractivity contribution in [2.45, 2.75) is 6.92 Å². The number of fused-ring (bicyclic) bond motifs is 1. The molecule has 0 radical (unpaired) electrons. The second-order valence-electron chi connectivity index (χ2n) is 5.28. The number of benzene rings is 1. The Hall–Kier alpha value is -2.11. The summed E-state index contributed by atoms with van der Waals surface area (Å²) < 4.78 is 5.05. The second-order valence-corrected chi connectivity index (χ2v) is 5.28. The monoisotopic (exact) mass is 276 g/mol. The van der Waals surface area contributed by atoms with Crippen molar-refractivity contribution in [3.05, 3.63) is 34.4 Å². The Labute approximate surface area is 116 Å². The van der Waals surface area contributed by atoms with Crippen LogP contribution in [-0.2, 0) is 9.53 Å². The third-order valence-electron chi connectivity index (χ3n) is 4.18. The zero-order chi connectivity index (χ0) is 14.3. The number of hydrogen-bond donors (Lipinski definition) is 0. The van der Waals surface area contributed by atoms with Crippen LogP contribution in [0.4, 0.5) is 11.4 Å². The van der Waals surface area contributed by atoms with Gasteiger partial charge in [-0.2, -0.15) is 0 Å². The molecule has 0 spiro atoms. The Morgan fingerprint density at radius 1 is 1.35 bits per heavy atom. The molecule has 1 saturated carbocycles. The van der Waals surface area contributed by atoms with Crippen molar-refractivity contribution in [2.75, 3.05) is 24.6 Å². The molecule has 1 heterocycles. The number of nitrogens with zero attached hydrogens (tertiary/aromatic N) is 2. The van der Waals surface area contributed by atoms with Gasteiger partial charge in [-0.05, 0) is 30.9 Å². The number of carbonyl (C=O) groups excluding carboxylic acids is 1. The van der Waals surface area contributed by atoms with Crippen LogP contribution < -0.4 is 4.90 Å². The van der Waals surface area contributed by atoms with Crippen LogP contribution in [0.3, 0.4) is 0 Å². The summed E-state index contributed by atoms with van der Waals surface area (Å²) in [5.41, 5.74) is 1.08. The Kier molecular flexibility index (Phi) is 3.08. The summed E-state index contributed by atoms with van der Waals surface area (Å²) in [4.78, 5) is 24.1. The van der Waals surface area contributed by atoms with Gasteiger partial charge in [0.15, 0.2) is 0 Å². The molecule has 0 bridgehead atoms. The molecule has 2 aliphatic rings. The summed E-state index contributed by atoms with van der Waals surface area (Å²) in [7, 11) is 0. The minimum absolute atomic E-state index is 0.0595. The maximum Gasteiger partial charge on any atom is 0.309 e. The molecule has 2 unspecified atom stereocenters. The van der Waals surface area contributed by atoms with E-state index >= 15 is 0 Å². The van der Waals surface area contributed by atoms with Gasteiger partial charge < -0.3 is 9.64 Å². The minimum atomic E-state index is -0.401. The van der Waals surface area contributed by atoms with Crippen LogP contribution in [0.5, 0.6) is 0 Å². The number of piperidine rings is 1. The largest absolute Gasteiger partial charge is 0.466 e. The first kappa shape index (κ1) is 12.9. The summed E-state index contributed by atoms with van der Waals surface area (Å²) in [6, 6.07) is 6.56. The molecule has 1 aromatic carbocycles. The average molecular weight is 276 g/mol. The maximum atomic E-state index is 11.7. The molecule has 0 aromatic heterocycles.